The Hall–Kier alpha value is -2.76. The first-order chi connectivity index (χ1) is 11.2. The zero-order valence-electron chi connectivity index (χ0n) is 12.8. The van der Waals surface area contributed by atoms with Crippen LogP contribution in [0.2, 0.25) is 0 Å². The number of aryl methyl sites for hydroxylation is 1. The van der Waals surface area contributed by atoms with Gasteiger partial charge in [0.2, 0.25) is 0 Å². The largest absolute Gasteiger partial charge is 0.352 e. The van der Waals surface area contributed by atoms with Gasteiger partial charge >= 0.3 is 0 Å². The molecule has 0 aliphatic carbocycles. The van der Waals surface area contributed by atoms with Gasteiger partial charge in [0.1, 0.15) is 11.3 Å². The van der Waals surface area contributed by atoms with E-state index in [4.69, 9.17) is 0 Å². The summed E-state index contributed by atoms with van der Waals surface area (Å²) >= 11 is 0. The molecule has 1 N–H and O–H groups in total. The molecular formula is C17H17FN4O. The van der Waals surface area contributed by atoms with E-state index >= 15 is 0 Å². The van der Waals surface area contributed by atoms with Crippen molar-refractivity contribution in [1.82, 2.24) is 20.3 Å². The Morgan fingerprint density at radius 2 is 2.13 bits per heavy atom. The second kappa shape index (κ2) is 6.56. The van der Waals surface area contributed by atoms with Gasteiger partial charge in [-0.05, 0) is 49.2 Å². The maximum atomic E-state index is 13.1. The molecule has 118 valence electrons. The molecule has 0 aliphatic heterocycles. The summed E-state index contributed by atoms with van der Waals surface area (Å²) in [6.07, 6.45) is 0.581. The highest BCUT2D eigenvalue weighted by Crippen LogP contribution is 2.13. The first kappa shape index (κ1) is 15.1. The van der Waals surface area contributed by atoms with Gasteiger partial charge in [-0.3, -0.25) is 4.79 Å². The minimum Gasteiger partial charge on any atom is -0.352 e. The van der Waals surface area contributed by atoms with Gasteiger partial charge in [0.15, 0.2) is 0 Å². The van der Waals surface area contributed by atoms with Gasteiger partial charge in [-0.2, -0.15) is 0 Å². The number of amides is 1. The van der Waals surface area contributed by atoms with Crippen molar-refractivity contribution in [3.05, 3.63) is 59.4 Å². The van der Waals surface area contributed by atoms with Gasteiger partial charge < -0.3 is 5.32 Å². The summed E-state index contributed by atoms with van der Waals surface area (Å²) in [7, 11) is 0. The number of benzene rings is 2. The number of rotatable bonds is 5. The van der Waals surface area contributed by atoms with Crippen LogP contribution < -0.4 is 5.32 Å². The molecule has 0 radical (unpaired) electrons. The predicted molar refractivity (Wildman–Crippen MR) is 85.6 cm³/mol. The van der Waals surface area contributed by atoms with Crippen LogP contribution in [0, 0.1) is 5.82 Å². The van der Waals surface area contributed by atoms with Crippen LogP contribution in [0.3, 0.4) is 0 Å². The third-order valence-electron chi connectivity index (χ3n) is 3.66. The third kappa shape index (κ3) is 3.36. The normalized spacial score (nSPS) is 10.9. The van der Waals surface area contributed by atoms with Gasteiger partial charge in [-0.15, -0.1) is 5.10 Å². The summed E-state index contributed by atoms with van der Waals surface area (Å²) in [5.41, 5.74) is 3.00. The van der Waals surface area contributed by atoms with E-state index in [-0.39, 0.29) is 11.7 Å². The van der Waals surface area contributed by atoms with Crippen LogP contribution >= 0.6 is 0 Å². The lowest BCUT2D eigenvalue weighted by Gasteiger charge is -2.06. The number of aromatic nitrogens is 3. The van der Waals surface area contributed by atoms with Crippen LogP contribution in [0.4, 0.5) is 4.39 Å². The molecule has 3 rings (SSSR count). The van der Waals surface area contributed by atoms with E-state index in [0.29, 0.717) is 24.0 Å². The Kier molecular flexibility index (Phi) is 4.32. The summed E-state index contributed by atoms with van der Waals surface area (Å²) in [5.74, 6) is -0.437. The molecule has 2 aromatic carbocycles. The van der Waals surface area contributed by atoms with E-state index < -0.39 is 0 Å². The van der Waals surface area contributed by atoms with Crippen LogP contribution in [0.5, 0.6) is 0 Å². The number of hydrogen-bond acceptors (Lipinski definition) is 3. The SMILES string of the molecule is CCn1nnc2cc(C(=O)NCCc3cccc(F)c3)ccc21. The molecule has 0 unspecified atom stereocenters. The molecule has 23 heavy (non-hydrogen) atoms. The van der Waals surface area contributed by atoms with E-state index in [1.807, 2.05) is 19.1 Å². The van der Waals surface area contributed by atoms with Crippen molar-refractivity contribution >= 4 is 16.9 Å². The van der Waals surface area contributed by atoms with Gasteiger partial charge in [0.25, 0.3) is 5.91 Å². The maximum Gasteiger partial charge on any atom is 0.251 e. The lowest BCUT2D eigenvalue weighted by Crippen LogP contribution is -2.25. The van der Waals surface area contributed by atoms with E-state index in [0.717, 1.165) is 17.6 Å². The number of carbonyl (C=O) groups is 1. The Balaban J connectivity index is 1.64. The molecule has 0 atom stereocenters. The fraction of sp³-hybridized carbons (Fsp3) is 0.235. The zero-order valence-corrected chi connectivity index (χ0v) is 12.8. The molecule has 3 aromatic rings. The number of halogens is 1. The topological polar surface area (TPSA) is 59.8 Å². The second-order valence-corrected chi connectivity index (χ2v) is 5.24. The summed E-state index contributed by atoms with van der Waals surface area (Å²) < 4.78 is 14.9. The zero-order chi connectivity index (χ0) is 16.2. The molecule has 0 saturated heterocycles. The number of fused-ring (bicyclic) bond motifs is 1. The maximum absolute atomic E-state index is 13.1. The smallest absolute Gasteiger partial charge is 0.251 e. The molecule has 1 amide bonds. The van der Waals surface area contributed by atoms with Gasteiger partial charge in [-0.25, -0.2) is 9.07 Å². The quantitative estimate of drug-likeness (QED) is 0.787. The van der Waals surface area contributed by atoms with Crippen LogP contribution in [-0.4, -0.2) is 27.4 Å². The highest BCUT2D eigenvalue weighted by molar-refractivity contribution is 5.97. The molecule has 1 heterocycles. The van der Waals surface area contributed by atoms with Crippen molar-refractivity contribution < 1.29 is 9.18 Å². The minimum absolute atomic E-state index is 0.172. The summed E-state index contributed by atoms with van der Waals surface area (Å²) in [6.45, 7) is 3.17. The molecule has 0 fully saturated rings. The summed E-state index contributed by atoms with van der Waals surface area (Å²) in [5, 5.41) is 10.9. The number of nitrogens with one attached hydrogen (secondary N) is 1. The van der Waals surface area contributed by atoms with Crippen molar-refractivity contribution in [3.8, 4) is 0 Å². The molecule has 6 heteroatoms. The molecule has 0 aliphatic rings. The minimum atomic E-state index is -0.265. The van der Waals surface area contributed by atoms with Crippen LogP contribution in [0.25, 0.3) is 11.0 Å². The fourth-order valence-electron chi connectivity index (χ4n) is 2.46. The standard InChI is InChI=1S/C17H17FN4O/c1-2-22-16-7-6-13(11-15(16)20-21-22)17(23)19-9-8-12-4-3-5-14(18)10-12/h3-7,10-11H,2,8-9H2,1H3,(H,19,23). The highest BCUT2D eigenvalue weighted by atomic mass is 19.1. The Labute approximate surface area is 133 Å². The monoisotopic (exact) mass is 312 g/mol. The highest BCUT2D eigenvalue weighted by Gasteiger charge is 2.09. The Morgan fingerprint density at radius 1 is 1.26 bits per heavy atom. The third-order valence-corrected chi connectivity index (χ3v) is 3.66. The Morgan fingerprint density at radius 3 is 2.91 bits per heavy atom. The Bertz CT molecular complexity index is 843. The van der Waals surface area contributed by atoms with E-state index in [1.165, 1.54) is 12.1 Å². The van der Waals surface area contributed by atoms with Crippen molar-refractivity contribution in [2.75, 3.05) is 6.54 Å². The van der Waals surface area contributed by atoms with Crippen LogP contribution in [0.15, 0.2) is 42.5 Å². The first-order valence-electron chi connectivity index (χ1n) is 7.53. The predicted octanol–water partition coefficient (Wildman–Crippen LogP) is 2.56. The molecule has 0 saturated carbocycles. The first-order valence-corrected chi connectivity index (χ1v) is 7.53. The average molecular weight is 312 g/mol. The van der Waals surface area contributed by atoms with Crippen molar-refractivity contribution in [1.29, 1.82) is 0 Å². The molecule has 0 spiro atoms. The number of hydrogen-bond donors (Lipinski definition) is 1. The lowest BCUT2D eigenvalue weighted by molar-refractivity contribution is 0.0954. The second-order valence-electron chi connectivity index (χ2n) is 5.24. The fourth-order valence-corrected chi connectivity index (χ4v) is 2.46. The van der Waals surface area contributed by atoms with Gasteiger partial charge in [-0.1, -0.05) is 17.3 Å². The van der Waals surface area contributed by atoms with Crippen molar-refractivity contribution in [2.45, 2.75) is 19.9 Å². The number of carbonyl (C=O) groups excluding carboxylic acids is 1. The summed E-state index contributed by atoms with van der Waals surface area (Å²) in [4.78, 5) is 12.2. The molecule has 5 nitrogen and oxygen atoms in total. The molecule has 0 bridgehead atoms. The van der Waals surface area contributed by atoms with Crippen molar-refractivity contribution in [3.63, 3.8) is 0 Å². The average Bonchev–Trinajstić information content (AvgIpc) is 2.97. The van der Waals surface area contributed by atoms with Gasteiger partial charge in [0.05, 0.1) is 5.52 Å². The lowest BCUT2D eigenvalue weighted by atomic mass is 10.1. The van der Waals surface area contributed by atoms with E-state index in [2.05, 4.69) is 15.6 Å². The van der Waals surface area contributed by atoms with Crippen LogP contribution in [-0.2, 0) is 13.0 Å². The number of nitrogens with zero attached hydrogens (tertiary/aromatic N) is 3. The molecular weight excluding hydrogens is 295 g/mol. The van der Waals surface area contributed by atoms with E-state index in [1.54, 1.807) is 22.9 Å². The van der Waals surface area contributed by atoms with Crippen LogP contribution in [0.1, 0.15) is 22.8 Å². The summed E-state index contributed by atoms with van der Waals surface area (Å²) in [6, 6.07) is 11.7. The molecule has 1 aromatic heterocycles. The van der Waals surface area contributed by atoms with Gasteiger partial charge in [0, 0.05) is 18.7 Å². The van der Waals surface area contributed by atoms with Crippen molar-refractivity contribution in [2.24, 2.45) is 0 Å². The van der Waals surface area contributed by atoms with E-state index in [9.17, 15) is 9.18 Å².